The van der Waals surface area contributed by atoms with Crippen LogP contribution in [0.2, 0.25) is 0 Å². The lowest BCUT2D eigenvalue weighted by molar-refractivity contribution is -0.128. The molecule has 1 aliphatic carbocycles. The topological polar surface area (TPSA) is 85.3 Å². The third-order valence-corrected chi connectivity index (χ3v) is 5.76. The Morgan fingerprint density at radius 3 is 2.71 bits per heavy atom. The number of carbonyl (C=O) groups is 2. The molecule has 3 aromatic rings. The normalized spacial score (nSPS) is 13.4. The van der Waals surface area contributed by atoms with Gasteiger partial charge in [0.15, 0.2) is 11.8 Å². The first-order chi connectivity index (χ1) is 14.9. The quantitative estimate of drug-likeness (QED) is 0.543. The number of hydrogen-bond donors (Lipinski definition) is 2. The Balaban J connectivity index is 1.45. The van der Waals surface area contributed by atoms with E-state index in [1.807, 2.05) is 48.0 Å². The molecule has 1 atom stereocenters. The molecule has 1 heterocycles. The molecule has 0 radical (unpaired) electrons. The van der Waals surface area contributed by atoms with Gasteiger partial charge in [0.25, 0.3) is 11.8 Å². The maximum absolute atomic E-state index is 12.8. The van der Waals surface area contributed by atoms with Gasteiger partial charge in [0.1, 0.15) is 5.75 Å². The Morgan fingerprint density at radius 2 is 1.94 bits per heavy atom. The van der Waals surface area contributed by atoms with Gasteiger partial charge in [-0.1, -0.05) is 40.2 Å². The molecule has 31 heavy (non-hydrogen) atoms. The van der Waals surface area contributed by atoms with Crippen LogP contribution in [-0.2, 0) is 17.6 Å². The number of rotatable bonds is 5. The lowest BCUT2D eigenvalue weighted by atomic mass is 10.2. The molecule has 160 valence electrons. The number of nitrogens with one attached hydrogen (secondary N) is 2. The Kier molecular flexibility index (Phi) is 6.08. The predicted octanol–water partition coefficient (Wildman–Crippen LogP) is 3.66. The minimum Gasteiger partial charge on any atom is -0.481 e. The smallest absolute Gasteiger partial charge is 0.290 e. The van der Waals surface area contributed by atoms with Crippen LogP contribution in [0.4, 0.5) is 0 Å². The number of carbonyl (C=O) groups excluding carboxylic acids is 2. The molecule has 0 fully saturated rings. The lowest BCUT2D eigenvalue weighted by Crippen LogP contribution is -2.47. The van der Waals surface area contributed by atoms with Crippen molar-refractivity contribution in [3.05, 3.63) is 75.5 Å². The monoisotopic (exact) mass is 482 g/mol. The summed E-state index contributed by atoms with van der Waals surface area (Å²) in [7, 11) is 0. The van der Waals surface area contributed by atoms with Gasteiger partial charge < -0.3 is 4.74 Å². The van der Waals surface area contributed by atoms with Crippen LogP contribution in [-0.4, -0.2) is 27.7 Å². The van der Waals surface area contributed by atoms with Crippen molar-refractivity contribution in [3.8, 4) is 11.4 Å². The van der Waals surface area contributed by atoms with Gasteiger partial charge in [-0.05, 0) is 62.9 Å². The molecule has 2 aromatic carbocycles. The second kappa shape index (κ2) is 8.93. The van der Waals surface area contributed by atoms with Gasteiger partial charge in [0.2, 0.25) is 0 Å². The van der Waals surface area contributed by atoms with Crippen molar-refractivity contribution in [2.24, 2.45) is 0 Å². The Bertz CT molecular complexity index is 1140. The molecular weight excluding hydrogens is 460 g/mol. The first-order valence-electron chi connectivity index (χ1n) is 10.1. The van der Waals surface area contributed by atoms with Crippen molar-refractivity contribution >= 4 is 27.7 Å². The van der Waals surface area contributed by atoms with Crippen LogP contribution in [0.5, 0.6) is 5.75 Å². The molecule has 0 saturated heterocycles. The van der Waals surface area contributed by atoms with Crippen LogP contribution in [0, 0.1) is 6.92 Å². The van der Waals surface area contributed by atoms with Crippen LogP contribution in [0.15, 0.2) is 53.0 Å². The fourth-order valence-corrected chi connectivity index (χ4v) is 4.08. The highest BCUT2D eigenvalue weighted by atomic mass is 79.9. The predicted molar refractivity (Wildman–Crippen MR) is 120 cm³/mol. The minimum atomic E-state index is -0.787. The number of hydrogen-bond acceptors (Lipinski definition) is 4. The van der Waals surface area contributed by atoms with E-state index in [9.17, 15) is 9.59 Å². The summed E-state index contributed by atoms with van der Waals surface area (Å²) in [5, 5.41) is 4.58. The van der Waals surface area contributed by atoms with E-state index in [4.69, 9.17) is 4.74 Å². The first kappa shape index (κ1) is 21.1. The zero-order valence-corrected chi connectivity index (χ0v) is 18.9. The third-order valence-electron chi connectivity index (χ3n) is 5.27. The second-order valence-corrected chi connectivity index (χ2v) is 8.40. The number of ether oxygens (including phenoxy) is 1. The van der Waals surface area contributed by atoms with Crippen molar-refractivity contribution in [1.82, 2.24) is 20.6 Å². The van der Waals surface area contributed by atoms with E-state index in [1.54, 1.807) is 19.1 Å². The van der Waals surface area contributed by atoms with Gasteiger partial charge in [0.05, 0.1) is 5.69 Å². The van der Waals surface area contributed by atoms with Crippen molar-refractivity contribution in [3.63, 3.8) is 0 Å². The zero-order valence-electron chi connectivity index (χ0n) is 17.3. The molecule has 2 amide bonds. The van der Waals surface area contributed by atoms with Crippen LogP contribution < -0.4 is 15.6 Å². The summed E-state index contributed by atoms with van der Waals surface area (Å²) in [4.78, 5) is 25.2. The fraction of sp³-hybridized carbons (Fsp3) is 0.261. The number of aromatic nitrogens is 2. The Labute approximate surface area is 188 Å². The maximum Gasteiger partial charge on any atom is 0.290 e. The molecule has 8 heteroatoms. The molecular formula is C23H23BrN4O3. The van der Waals surface area contributed by atoms with Crippen LogP contribution in [0.1, 0.15) is 40.7 Å². The van der Waals surface area contributed by atoms with E-state index < -0.39 is 17.9 Å². The Hall–Kier alpha value is -3.13. The molecule has 2 N–H and O–H groups in total. The van der Waals surface area contributed by atoms with Crippen molar-refractivity contribution in [2.45, 2.75) is 39.2 Å². The van der Waals surface area contributed by atoms with E-state index in [1.165, 1.54) is 0 Å². The average molecular weight is 483 g/mol. The average Bonchev–Trinajstić information content (AvgIpc) is 3.35. The maximum atomic E-state index is 12.8. The second-order valence-electron chi connectivity index (χ2n) is 7.49. The standard InChI is InChI=1S/C23H23BrN4O3/c1-14-7-3-4-11-19(14)28-20-12-6-10-18(20)21(27-28)23(30)26-25-22(29)15(2)31-17-9-5-8-16(24)13-17/h3-5,7-9,11,13,15H,6,10,12H2,1-2H3,(H,25,29)(H,26,30). The van der Waals surface area contributed by atoms with Gasteiger partial charge in [-0.25, -0.2) is 4.68 Å². The highest BCUT2D eigenvalue weighted by molar-refractivity contribution is 9.10. The highest BCUT2D eigenvalue weighted by Gasteiger charge is 2.28. The van der Waals surface area contributed by atoms with Crippen molar-refractivity contribution in [1.29, 1.82) is 0 Å². The summed E-state index contributed by atoms with van der Waals surface area (Å²) in [6.45, 7) is 3.64. The summed E-state index contributed by atoms with van der Waals surface area (Å²) in [6.07, 6.45) is 1.85. The highest BCUT2D eigenvalue weighted by Crippen LogP contribution is 2.28. The SMILES string of the molecule is Cc1ccccc1-n1nc(C(=O)NNC(=O)C(C)Oc2cccc(Br)c2)c2c1CCC2. The summed E-state index contributed by atoms with van der Waals surface area (Å²) >= 11 is 3.37. The van der Waals surface area contributed by atoms with E-state index >= 15 is 0 Å². The van der Waals surface area contributed by atoms with E-state index in [0.29, 0.717) is 11.4 Å². The largest absolute Gasteiger partial charge is 0.481 e. The van der Waals surface area contributed by atoms with Gasteiger partial charge in [0, 0.05) is 15.7 Å². The molecule has 1 aliphatic rings. The zero-order chi connectivity index (χ0) is 22.0. The summed E-state index contributed by atoms with van der Waals surface area (Å²) in [5.41, 5.74) is 9.30. The number of benzene rings is 2. The first-order valence-corrected chi connectivity index (χ1v) is 10.9. The van der Waals surface area contributed by atoms with Crippen molar-refractivity contribution in [2.75, 3.05) is 0 Å². The van der Waals surface area contributed by atoms with E-state index in [2.05, 4.69) is 31.9 Å². The van der Waals surface area contributed by atoms with E-state index in [0.717, 1.165) is 46.2 Å². The third kappa shape index (κ3) is 4.49. The molecule has 4 rings (SSSR count). The van der Waals surface area contributed by atoms with Crippen LogP contribution in [0.25, 0.3) is 5.69 Å². The minimum absolute atomic E-state index is 0.344. The summed E-state index contributed by atoms with van der Waals surface area (Å²) in [6, 6.07) is 15.2. The number of para-hydroxylation sites is 1. The molecule has 0 spiro atoms. The molecule has 0 saturated carbocycles. The van der Waals surface area contributed by atoms with Crippen LogP contribution >= 0.6 is 15.9 Å². The van der Waals surface area contributed by atoms with Crippen molar-refractivity contribution < 1.29 is 14.3 Å². The number of amides is 2. The summed E-state index contributed by atoms with van der Waals surface area (Å²) < 4.78 is 8.34. The van der Waals surface area contributed by atoms with Crippen LogP contribution in [0.3, 0.4) is 0 Å². The van der Waals surface area contributed by atoms with Gasteiger partial charge >= 0.3 is 0 Å². The molecule has 0 bridgehead atoms. The van der Waals surface area contributed by atoms with Gasteiger partial charge in [-0.2, -0.15) is 5.10 Å². The molecule has 0 aliphatic heterocycles. The molecule has 1 unspecified atom stereocenters. The Morgan fingerprint density at radius 1 is 1.13 bits per heavy atom. The van der Waals surface area contributed by atoms with E-state index in [-0.39, 0.29) is 0 Å². The number of fused-ring (bicyclic) bond motifs is 1. The lowest BCUT2D eigenvalue weighted by Gasteiger charge is -2.15. The number of halogens is 1. The number of aryl methyl sites for hydroxylation is 1. The molecule has 7 nitrogen and oxygen atoms in total. The number of hydrazine groups is 1. The fourth-order valence-electron chi connectivity index (χ4n) is 3.70. The number of nitrogens with zero attached hydrogens (tertiary/aromatic N) is 2. The molecule has 1 aromatic heterocycles. The van der Waals surface area contributed by atoms with Gasteiger partial charge in [-0.3, -0.25) is 20.4 Å². The van der Waals surface area contributed by atoms with Gasteiger partial charge in [-0.15, -0.1) is 0 Å². The summed E-state index contributed by atoms with van der Waals surface area (Å²) in [5.74, 6) is -0.338.